The lowest BCUT2D eigenvalue weighted by Gasteiger charge is -2.38. The van der Waals surface area contributed by atoms with Gasteiger partial charge in [0.15, 0.2) is 17.3 Å². The highest BCUT2D eigenvalue weighted by molar-refractivity contribution is 7.98. The summed E-state index contributed by atoms with van der Waals surface area (Å²) in [6.45, 7) is 4.25. The number of rotatable bonds is 6. The first kappa shape index (κ1) is 22.5. The van der Waals surface area contributed by atoms with Crippen LogP contribution in [0, 0.1) is 5.41 Å². The lowest BCUT2D eigenvalue weighted by molar-refractivity contribution is -0.118. The van der Waals surface area contributed by atoms with Crippen molar-refractivity contribution in [1.29, 1.82) is 0 Å². The van der Waals surface area contributed by atoms with Crippen LogP contribution in [0.25, 0.3) is 0 Å². The molecule has 1 unspecified atom stereocenters. The van der Waals surface area contributed by atoms with Crippen LogP contribution in [0.1, 0.15) is 43.9 Å². The van der Waals surface area contributed by atoms with Gasteiger partial charge in [0.2, 0.25) is 11.1 Å². The van der Waals surface area contributed by atoms with Crippen molar-refractivity contribution in [3.8, 4) is 11.5 Å². The number of nitrogens with zero attached hydrogens (tertiary/aromatic N) is 3. The van der Waals surface area contributed by atoms with E-state index < -0.39 is 0 Å². The molecule has 7 nitrogen and oxygen atoms in total. The predicted octanol–water partition coefficient (Wildman–Crippen LogP) is 5.25. The summed E-state index contributed by atoms with van der Waals surface area (Å²) in [6.07, 6.45) is 1.27. The molecule has 0 fully saturated rings. The van der Waals surface area contributed by atoms with Crippen molar-refractivity contribution < 1.29 is 14.3 Å². The number of allylic oxidation sites excluding steroid dienone is 2. The number of hydrogen-bond acceptors (Lipinski definition) is 7. The lowest BCUT2D eigenvalue weighted by Crippen LogP contribution is -2.36. The Morgan fingerprint density at radius 1 is 1.09 bits per heavy atom. The van der Waals surface area contributed by atoms with E-state index in [1.165, 1.54) is 5.56 Å². The zero-order valence-corrected chi connectivity index (χ0v) is 20.6. The van der Waals surface area contributed by atoms with Gasteiger partial charge in [0.05, 0.1) is 14.2 Å². The average Bonchev–Trinajstić information content (AvgIpc) is 3.23. The smallest absolute Gasteiger partial charge is 0.227 e. The van der Waals surface area contributed by atoms with E-state index in [1.807, 2.05) is 41.1 Å². The summed E-state index contributed by atoms with van der Waals surface area (Å²) < 4.78 is 12.8. The maximum absolute atomic E-state index is 13.4. The van der Waals surface area contributed by atoms with Crippen LogP contribution in [0.2, 0.25) is 0 Å². The number of hydrogen-bond donors (Lipinski definition) is 1. The van der Waals surface area contributed by atoms with Gasteiger partial charge < -0.3 is 14.8 Å². The highest BCUT2D eigenvalue weighted by atomic mass is 32.2. The van der Waals surface area contributed by atoms with E-state index in [0.717, 1.165) is 29.0 Å². The Hall–Kier alpha value is -3.26. The van der Waals surface area contributed by atoms with Gasteiger partial charge in [-0.25, -0.2) is 4.68 Å². The van der Waals surface area contributed by atoms with Crippen LogP contribution in [0.15, 0.2) is 65.0 Å². The van der Waals surface area contributed by atoms with Crippen molar-refractivity contribution in [3.05, 3.63) is 70.9 Å². The first-order valence-corrected chi connectivity index (χ1v) is 12.3. The van der Waals surface area contributed by atoms with Crippen LogP contribution in [0.4, 0.5) is 5.95 Å². The normalized spacial score (nSPS) is 18.7. The molecule has 0 saturated heterocycles. The number of anilines is 1. The largest absolute Gasteiger partial charge is 0.493 e. The fourth-order valence-electron chi connectivity index (χ4n) is 4.70. The topological polar surface area (TPSA) is 78.3 Å². The van der Waals surface area contributed by atoms with E-state index in [4.69, 9.17) is 19.6 Å². The van der Waals surface area contributed by atoms with E-state index >= 15 is 0 Å². The minimum Gasteiger partial charge on any atom is -0.493 e. The van der Waals surface area contributed by atoms with Crippen LogP contribution in [0.5, 0.6) is 11.5 Å². The van der Waals surface area contributed by atoms with Crippen molar-refractivity contribution in [1.82, 2.24) is 14.8 Å². The van der Waals surface area contributed by atoms with Crippen molar-refractivity contribution in [3.63, 3.8) is 0 Å². The number of carbonyl (C=O) groups excluding carboxylic acids is 1. The molecule has 2 heterocycles. The molecule has 0 bridgehead atoms. The molecule has 0 amide bonds. The molecule has 1 aliphatic heterocycles. The van der Waals surface area contributed by atoms with Gasteiger partial charge in [-0.15, -0.1) is 5.10 Å². The summed E-state index contributed by atoms with van der Waals surface area (Å²) in [4.78, 5) is 18.2. The second kappa shape index (κ2) is 8.83. The van der Waals surface area contributed by atoms with Crippen molar-refractivity contribution >= 4 is 23.5 Å². The Balaban J connectivity index is 1.57. The molecule has 3 aromatic rings. The fraction of sp³-hybridized carbons (Fsp3) is 0.346. The van der Waals surface area contributed by atoms with Crippen molar-refractivity contribution in [2.45, 2.75) is 43.6 Å². The maximum atomic E-state index is 13.4. The van der Waals surface area contributed by atoms with Crippen molar-refractivity contribution in [2.24, 2.45) is 5.41 Å². The minimum atomic E-state index is -0.381. The first-order valence-electron chi connectivity index (χ1n) is 11.3. The van der Waals surface area contributed by atoms with E-state index in [2.05, 4.69) is 31.3 Å². The number of ether oxygens (including phenoxy) is 2. The zero-order chi connectivity index (χ0) is 23.9. The monoisotopic (exact) mass is 476 g/mol. The highest BCUT2D eigenvalue weighted by Gasteiger charge is 2.42. The average molecular weight is 477 g/mol. The van der Waals surface area contributed by atoms with Crippen LogP contribution in [-0.2, 0) is 10.5 Å². The number of aromatic nitrogens is 3. The summed E-state index contributed by atoms with van der Waals surface area (Å²) in [5.41, 5.74) is 3.69. The van der Waals surface area contributed by atoms with E-state index in [9.17, 15) is 4.79 Å². The second-order valence-electron chi connectivity index (χ2n) is 9.41. The van der Waals surface area contributed by atoms with E-state index in [0.29, 0.717) is 29.0 Å². The summed E-state index contributed by atoms with van der Waals surface area (Å²) in [5.74, 6) is 2.82. The Morgan fingerprint density at radius 2 is 1.85 bits per heavy atom. The number of benzene rings is 2. The Morgan fingerprint density at radius 3 is 2.59 bits per heavy atom. The van der Waals surface area contributed by atoms with Gasteiger partial charge in [0.25, 0.3) is 0 Å². The molecule has 8 heteroatoms. The number of thioether (sulfide) groups is 1. The predicted molar refractivity (Wildman–Crippen MR) is 132 cm³/mol. The molecule has 0 spiro atoms. The van der Waals surface area contributed by atoms with Crippen LogP contribution in [0.3, 0.4) is 0 Å². The third kappa shape index (κ3) is 4.18. The van der Waals surface area contributed by atoms with Gasteiger partial charge in [-0.05, 0) is 35.1 Å². The first-order chi connectivity index (χ1) is 16.4. The molecular weight excluding hydrogens is 448 g/mol. The molecule has 0 radical (unpaired) electrons. The molecule has 5 rings (SSSR count). The second-order valence-corrected chi connectivity index (χ2v) is 10.4. The standard InChI is InChI=1S/C26H28N4O3S/c1-26(2)13-18-22(19(31)14-26)23(17-10-11-20(32-3)21(12-17)33-4)30-24(27-18)28-25(29-30)34-15-16-8-6-5-7-9-16/h5-12,23H,13-15H2,1-4H3,(H,27,28,29). The number of methoxy groups -OCH3 is 2. The minimum absolute atomic E-state index is 0.113. The number of ketones is 1. The summed E-state index contributed by atoms with van der Waals surface area (Å²) in [5, 5.41) is 8.93. The van der Waals surface area contributed by atoms with Gasteiger partial charge in [-0.2, -0.15) is 4.98 Å². The summed E-state index contributed by atoms with van der Waals surface area (Å²) in [7, 11) is 3.23. The lowest BCUT2D eigenvalue weighted by atomic mass is 9.73. The number of fused-ring (bicyclic) bond motifs is 1. The van der Waals surface area contributed by atoms with Crippen LogP contribution < -0.4 is 14.8 Å². The molecule has 2 aromatic carbocycles. The van der Waals surface area contributed by atoms with Crippen molar-refractivity contribution in [2.75, 3.05) is 19.5 Å². The zero-order valence-electron chi connectivity index (χ0n) is 19.8. The van der Waals surface area contributed by atoms with Gasteiger partial charge in [-0.3, -0.25) is 4.79 Å². The number of nitrogens with one attached hydrogen (secondary N) is 1. The fourth-order valence-corrected chi connectivity index (χ4v) is 5.49. The number of Topliss-reactive ketones (excluding diaryl/α,β-unsaturated/α-hetero) is 1. The summed E-state index contributed by atoms with van der Waals surface area (Å²) in [6, 6.07) is 15.6. The Bertz CT molecular complexity index is 1270. The molecule has 2 aliphatic rings. The molecule has 1 N–H and O–H groups in total. The third-order valence-electron chi connectivity index (χ3n) is 6.25. The third-order valence-corrected chi connectivity index (χ3v) is 7.16. The van der Waals surface area contributed by atoms with Gasteiger partial charge in [0, 0.05) is 23.4 Å². The van der Waals surface area contributed by atoms with E-state index in [-0.39, 0.29) is 17.2 Å². The van der Waals surface area contributed by atoms with Crippen LogP contribution >= 0.6 is 11.8 Å². The van der Waals surface area contributed by atoms with Gasteiger partial charge in [0.1, 0.15) is 6.04 Å². The molecule has 1 aliphatic carbocycles. The quantitative estimate of drug-likeness (QED) is 0.487. The maximum Gasteiger partial charge on any atom is 0.227 e. The highest BCUT2D eigenvalue weighted by Crippen LogP contribution is 2.46. The molecular formula is C26H28N4O3S. The Labute approximate surface area is 203 Å². The number of carbonyl (C=O) groups is 1. The molecule has 176 valence electrons. The molecule has 1 atom stereocenters. The molecule has 1 aromatic heterocycles. The van der Waals surface area contributed by atoms with Gasteiger partial charge in [-0.1, -0.05) is 62.0 Å². The van der Waals surface area contributed by atoms with E-state index in [1.54, 1.807) is 26.0 Å². The molecule has 0 saturated carbocycles. The Kier molecular flexibility index (Phi) is 5.85. The summed E-state index contributed by atoms with van der Waals surface area (Å²) >= 11 is 1.58. The van der Waals surface area contributed by atoms with Crippen LogP contribution in [-0.4, -0.2) is 34.8 Å². The van der Waals surface area contributed by atoms with Gasteiger partial charge >= 0.3 is 0 Å². The molecule has 34 heavy (non-hydrogen) atoms. The SMILES string of the molecule is COc1ccc(C2C3=C(CC(C)(C)CC3=O)Nc3nc(SCc4ccccc4)nn32)cc1OC.